The summed E-state index contributed by atoms with van der Waals surface area (Å²) in [6.45, 7) is 6.60. The van der Waals surface area contributed by atoms with Crippen LogP contribution in [0.2, 0.25) is 0 Å². The van der Waals surface area contributed by atoms with E-state index < -0.39 is 5.60 Å². The molecule has 7 nitrogen and oxygen atoms in total. The first-order valence-corrected chi connectivity index (χ1v) is 9.64. The molecule has 1 unspecified atom stereocenters. The highest BCUT2D eigenvalue weighted by molar-refractivity contribution is 6.03. The number of ether oxygens (including phenoxy) is 1. The molecule has 3 heterocycles. The van der Waals surface area contributed by atoms with Gasteiger partial charge >= 0.3 is 6.09 Å². The first-order valence-electron chi connectivity index (χ1n) is 9.64. The van der Waals surface area contributed by atoms with E-state index in [0.717, 1.165) is 10.9 Å². The predicted octanol–water partition coefficient (Wildman–Crippen LogP) is 3.66. The summed E-state index contributed by atoms with van der Waals surface area (Å²) in [4.78, 5) is 33.9. The van der Waals surface area contributed by atoms with Gasteiger partial charge in [-0.15, -0.1) is 0 Å². The summed E-state index contributed by atoms with van der Waals surface area (Å²) in [5.74, 6) is 0.680. The van der Waals surface area contributed by atoms with Crippen molar-refractivity contribution in [3.63, 3.8) is 0 Å². The highest BCUT2D eigenvalue weighted by Crippen LogP contribution is 2.22. The third-order valence-electron chi connectivity index (χ3n) is 4.75. The molecule has 2 aromatic heterocycles. The summed E-state index contributed by atoms with van der Waals surface area (Å²) in [6.07, 6.45) is 3.62. The van der Waals surface area contributed by atoms with Crippen LogP contribution in [0.5, 0.6) is 0 Å². The SMILES string of the molecule is CC(C)(C)OC(=O)N1CC=CC1CNc1ccc2[nH]c(=O)c3ccccc3c2n1. The van der Waals surface area contributed by atoms with Gasteiger partial charge in [-0.25, -0.2) is 9.78 Å². The fourth-order valence-electron chi connectivity index (χ4n) is 3.43. The normalized spacial score (nSPS) is 16.5. The van der Waals surface area contributed by atoms with Gasteiger partial charge in [-0.3, -0.25) is 9.69 Å². The van der Waals surface area contributed by atoms with Crippen LogP contribution in [0, 0.1) is 0 Å². The minimum atomic E-state index is -0.532. The number of rotatable bonds is 3. The monoisotopic (exact) mass is 392 g/mol. The van der Waals surface area contributed by atoms with Crippen LogP contribution in [0.3, 0.4) is 0 Å². The topological polar surface area (TPSA) is 87.3 Å². The van der Waals surface area contributed by atoms with E-state index in [-0.39, 0.29) is 17.7 Å². The number of aromatic nitrogens is 2. The minimum absolute atomic E-state index is 0.116. The Morgan fingerprint density at radius 1 is 1.24 bits per heavy atom. The fourth-order valence-corrected chi connectivity index (χ4v) is 3.43. The molecule has 0 aliphatic carbocycles. The van der Waals surface area contributed by atoms with Crippen molar-refractivity contribution in [3.05, 3.63) is 58.9 Å². The lowest BCUT2D eigenvalue weighted by atomic mass is 10.1. The lowest BCUT2D eigenvalue weighted by Gasteiger charge is -2.28. The Bertz CT molecular complexity index is 1160. The number of anilines is 1. The van der Waals surface area contributed by atoms with Gasteiger partial charge in [-0.1, -0.05) is 30.4 Å². The van der Waals surface area contributed by atoms with Crippen LogP contribution < -0.4 is 10.9 Å². The van der Waals surface area contributed by atoms with Gasteiger partial charge in [-0.2, -0.15) is 0 Å². The second-order valence-electron chi connectivity index (χ2n) is 8.10. The number of carbonyl (C=O) groups is 1. The maximum atomic E-state index is 12.4. The van der Waals surface area contributed by atoms with Crippen molar-refractivity contribution in [2.75, 3.05) is 18.4 Å². The van der Waals surface area contributed by atoms with Crippen LogP contribution in [0.1, 0.15) is 20.8 Å². The number of fused-ring (bicyclic) bond motifs is 3. The second-order valence-corrected chi connectivity index (χ2v) is 8.10. The summed E-state index contributed by atoms with van der Waals surface area (Å²) in [5, 5.41) is 4.72. The average molecular weight is 392 g/mol. The number of pyridine rings is 2. The molecule has 7 heteroatoms. The number of carbonyl (C=O) groups excluding carboxylic acids is 1. The van der Waals surface area contributed by atoms with E-state index in [1.807, 2.05) is 63.3 Å². The van der Waals surface area contributed by atoms with Crippen molar-refractivity contribution in [2.24, 2.45) is 0 Å². The molecular weight excluding hydrogens is 368 g/mol. The quantitative estimate of drug-likeness (QED) is 0.525. The Balaban J connectivity index is 1.55. The number of nitrogens with zero attached hydrogens (tertiary/aromatic N) is 2. The van der Waals surface area contributed by atoms with E-state index in [2.05, 4.69) is 10.3 Å². The van der Waals surface area contributed by atoms with E-state index >= 15 is 0 Å². The second kappa shape index (κ2) is 7.24. The van der Waals surface area contributed by atoms with Crippen LogP contribution in [-0.2, 0) is 4.74 Å². The number of amides is 1. The van der Waals surface area contributed by atoms with Crippen LogP contribution in [0.25, 0.3) is 21.8 Å². The molecule has 1 aromatic carbocycles. The molecule has 4 rings (SSSR count). The summed E-state index contributed by atoms with van der Waals surface area (Å²) in [6, 6.07) is 11.0. The van der Waals surface area contributed by atoms with E-state index in [9.17, 15) is 9.59 Å². The van der Waals surface area contributed by atoms with E-state index in [1.165, 1.54) is 0 Å². The molecule has 150 valence electrons. The summed E-state index contributed by atoms with van der Waals surface area (Å²) >= 11 is 0. The van der Waals surface area contributed by atoms with Gasteiger partial charge in [0, 0.05) is 23.9 Å². The largest absolute Gasteiger partial charge is 0.444 e. The molecule has 0 radical (unpaired) electrons. The number of aromatic amines is 1. The molecule has 3 aromatic rings. The van der Waals surface area contributed by atoms with Crippen molar-refractivity contribution in [1.29, 1.82) is 0 Å². The Labute approximate surface area is 168 Å². The third-order valence-corrected chi connectivity index (χ3v) is 4.75. The third kappa shape index (κ3) is 3.94. The number of hydrogen-bond acceptors (Lipinski definition) is 5. The number of H-pyrrole nitrogens is 1. The molecule has 0 saturated heterocycles. The van der Waals surface area contributed by atoms with E-state index in [0.29, 0.717) is 29.8 Å². The van der Waals surface area contributed by atoms with Gasteiger partial charge in [0.25, 0.3) is 5.56 Å². The molecule has 1 amide bonds. The number of nitrogens with one attached hydrogen (secondary N) is 2. The zero-order valence-corrected chi connectivity index (χ0v) is 16.7. The van der Waals surface area contributed by atoms with Crippen molar-refractivity contribution in [2.45, 2.75) is 32.4 Å². The average Bonchev–Trinajstić information content (AvgIpc) is 3.14. The zero-order valence-electron chi connectivity index (χ0n) is 16.7. The molecule has 0 bridgehead atoms. The van der Waals surface area contributed by atoms with Crippen molar-refractivity contribution in [1.82, 2.24) is 14.9 Å². The predicted molar refractivity (Wildman–Crippen MR) is 114 cm³/mol. The molecule has 0 fully saturated rings. The van der Waals surface area contributed by atoms with Gasteiger partial charge < -0.3 is 15.0 Å². The molecule has 0 spiro atoms. The zero-order chi connectivity index (χ0) is 20.6. The molecular formula is C22H24N4O3. The number of benzene rings is 1. The smallest absolute Gasteiger partial charge is 0.411 e. The lowest BCUT2D eigenvalue weighted by molar-refractivity contribution is 0.0250. The van der Waals surface area contributed by atoms with Crippen molar-refractivity contribution >= 4 is 33.7 Å². The molecule has 1 atom stereocenters. The van der Waals surface area contributed by atoms with Crippen LogP contribution in [0.4, 0.5) is 10.6 Å². The summed E-state index contributed by atoms with van der Waals surface area (Å²) in [7, 11) is 0. The van der Waals surface area contributed by atoms with Crippen molar-refractivity contribution in [3.8, 4) is 0 Å². The molecule has 29 heavy (non-hydrogen) atoms. The Hall–Kier alpha value is -3.35. The van der Waals surface area contributed by atoms with Gasteiger partial charge in [0.05, 0.1) is 17.1 Å². The lowest BCUT2D eigenvalue weighted by Crippen LogP contribution is -2.43. The van der Waals surface area contributed by atoms with Crippen LogP contribution in [-0.4, -0.2) is 45.7 Å². The Morgan fingerprint density at radius 2 is 2.00 bits per heavy atom. The van der Waals surface area contributed by atoms with Gasteiger partial charge in [-0.05, 0) is 39.0 Å². The first-order chi connectivity index (χ1) is 13.8. The first kappa shape index (κ1) is 19.0. The highest BCUT2D eigenvalue weighted by atomic mass is 16.6. The summed E-state index contributed by atoms with van der Waals surface area (Å²) < 4.78 is 5.49. The standard InChI is InChI=1S/C22H24N4O3/c1-22(2,3)29-21(28)26-12-6-7-14(26)13-23-18-11-10-17-19(25-18)15-8-4-5-9-16(15)20(27)24-17/h4-11,14H,12-13H2,1-3H3,(H,23,25)(H,24,27). The van der Waals surface area contributed by atoms with Gasteiger partial charge in [0.15, 0.2) is 0 Å². The van der Waals surface area contributed by atoms with Gasteiger partial charge in [0.2, 0.25) is 0 Å². The summed E-state index contributed by atoms with van der Waals surface area (Å²) in [5.41, 5.74) is 0.765. The van der Waals surface area contributed by atoms with Gasteiger partial charge in [0.1, 0.15) is 11.4 Å². The molecule has 1 aliphatic heterocycles. The van der Waals surface area contributed by atoms with E-state index in [4.69, 9.17) is 9.72 Å². The maximum Gasteiger partial charge on any atom is 0.411 e. The minimum Gasteiger partial charge on any atom is -0.444 e. The molecule has 0 saturated carbocycles. The Kier molecular flexibility index (Phi) is 4.74. The van der Waals surface area contributed by atoms with Crippen LogP contribution in [0.15, 0.2) is 53.3 Å². The molecule has 1 aliphatic rings. The molecule has 2 N–H and O–H groups in total. The maximum absolute atomic E-state index is 12.4. The van der Waals surface area contributed by atoms with Crippen molar-refractivity contribution < 1.29 is 9.53 Å². The number of hydrogen-bond donors (Lipinski definition) is 2. The van der Waals surface area contributed by atoms with Crippen LogP contribution >= 0.6 is 0 Å². The fraction of sp³-hybridized carbons (Fsp3) is 0.318. The Morgan fingerprint density at radius 3 is 2.76 bits per heavy atom. The van der Waals surface area contributed by atoms with E-state index in [1.54, 1.807) is 11.0 Å². The highest BCUT2D eigenvalue weighted by Gasteiger charge is 2.29.